The van der Waals surface area contributed by atoms with Gasteiger partial charge in [-0.1, -0.05) is 23.7 Å². The molecule has 0 aliphatic rings. The van der Waals surface area contributed by atoms with Crippen LogP contribution in [0.5, 0.6) is 0 Å². The molecule has 0 aliphatic heterocycles. The molecule has 1 aromatic carbocycles. The Bertz CT molecular complexity index is 516. The Hall–Kier alpha value is -0.320. The number of alkyl halides is 1. The van der Waals surface area contributed by atoms with Gasteiger partial charge in [0.15, 0.2) is 0 Å². The van der Waals surface area contributed by atoms with Crippen LogP contribution in [-0.2, 0) is 6.42 Å². The lowest BCUT2D eigenvalue weighted by molar-refractivity contribution is 0.915. The molecule has 0 spiro atoms. The first kappa shape index (κ1) is 13.1. The molecule has 1 aromatic heterocycles. The Labute approximate surface area is 124 Å². The van der Waals surface area contributed by atoms with Gasteiger partial charge in [0.1, 0.15) is 0 Å². The average molecular weight is 378 g/mol. The molecule has 1 nitrogen and oxygen atoms in total. The number of aromatic nitrogens is 1. The number of halogens is 3. The van der Waals surface area contributed by atoms with Crippen molar-refractivity contribution in [2.45, 2.75) is 11.8 Å². The fourth-order valence-corrected chi connectivity index (χ4v) is 2.65. The highest BCUT2D eigenvalue weighted by molar-refractivity contribution is 14.1. The minimum Gasteiger partial charge on any atom is -0.263 e. The second-order valence-electron chi connectivity index (χ2n) is 3.69. The smallest absolute Gasteiger partial charge is 0.0626 e. The quantitative estimate of drug-likeness (QED) is 0.549. The summed E-state index contributed by atoms with van der Waals surface area (Å²) in [5, 5.41) is 0.605. The van der Waals surface area contributed by atoms with E-state index in [1.165, 1.54) is 3.57 Å². The molecule has 0 aliphatic carbocycles. The standard InChI is InChI=1S/C13H10Cl2IN/c14-12(9-2-1-3-11(16)6-9)7-10-4-5-17-8-13(10)15/h1-6,8,12H,7H2. The number of rotatable bonds is 3. The van der Waals surface area contributed by atoms with E-state index in [1.54, 1.807) is 12.4 Å². The highest BCUT2D eigenvalue weighted by Gasteiger charge is 2.11. The third-order valence-electron chi connectivity index (χ3n) is 2.47. The minimum atomic E-state index is -0.0652. The Morgan fingerprint density at radius 2 is 2.12 bits per heavy atom. The van der Waals surface area contributed by atoms with Crippen LogP contribution in [0, 0.1) is 3.57 Å². The predicted molar refractivity (Wildman–Crippen MR) is 80.7 cm³/mol. The Morgan fingerprint density at radius 3 is 2.82 bits per heavy atom. The minimum absolute atomic E-state index is 0.0652. The molecule has 0 amide bonds. The molecule has 0 N–H and O–H groups in total. The van der Waals surface area contributed by atoms with Crippen molar-refractivity contribution in [2.75, 3.05) is 0 Å². The van der Waals surface area contributed by atoms with Gasteiger partial charge in [0, 0.05) is 16.0 Å². The van der Waals surface area contributed by atoms with Crippen molar-refractivity contribution in [2.24, 2.45) is 0 Å². The summed E-state index contributed by atoms with van der Waals surface area (Å²) in [6.45, 7) is 0. The van der Waals surface area contributed by atoms with Crippen LogP contribution in [-0.4, -0.2) is 4.98 Å². The summed E-state index contributed by atoms with van der Waals surface area (Å²) in [5.41, 5.74) is 2.15. The van der Waals surface area contributed by atoms with Gasteiger partial charge in [0.05, 0.1) is 10.4 Å². The van der Waals surface area contributed by atoms with Gasteiger partial charge in [-0.15, -0.1) is 11.6 Å². The van der Waals surface area contributed by atoms with E-state index in [-0.39, 0.29) is 5.38 Å². The number of benzene rings is 1. The molecule has 0 saturated carbocycles. The first-order valence-corrected chi connectivity index (χ1v) is 7.04. The van der Waals surface area contributed by atoms with Crippen LogP contribution in [0.3, 0.4) is 0 Å². The van der Waals surface area contributed by atoms with Crippen LogP contribution in [0.2, 0.25) is 5.02 Å². The molecule has 2 rings (SSSR count). The highest BCUT2D eigenvalue weighted by atomic mass is 127. The topological polar surface area (TPSA) is 12.9 Å². The Morgan fingerprint density at radius 1 is 1.29 bits per heavy atom. The zero-order chi connectivity index (χ0) is 12.3. The SMILES string of the molecule is Clc1cnccc1CC(Cl)c1cccc(I)c1. The van der Waals surface area contributed by atoms with E-state index in [0.717, 1.165) is 11.1 Å². The van der Waals surface area contributed by atoms with Crippen molar-refractivity contribution in [3.63, 3.8) is 0 Å². The first-order chi connectivity index (χ1) is 8.16. The molecule has 0 saturated heterocycles. The van der Waals surface area contributed by atoms with Crippen molar-refractivity contribution in [3.8, 4) is 0 Å². The van der Waals surface area contributed by atoms with E-state index in [2.05, 4.69) is 33.6 Å². The monoisotopic (exact) mass is 377 g/mol. The fraction of sp³-hybridized carbons (Fsp3) is 0.154. The molecule has 0 bridgehead atoms. The van der Waals surface area contributed by atoms with Crippen LogP contribution >= 0.6 is 45.8 Å². The fourth-order valence-electron chi connectivity index (χ4n) is 1.58. The molecule has 17 heavy (non-hydrogen) atoms. The van der Waals surface area contributed by atoms with Crippen molar-refractivity contribution in [1.29, 1.82) is 0 Å². The molecule has 0 fully saturated rings. The van der Waals surface area contributed by atoms with Gasteiger partial charge < -0.3 is 0 Å². The second kappa shape index (κ2) is 6.03. The summed E-state index contributed by atoms with van der Waals surface area (Å²) in [4.78, 5) is 3.96. The van der Waals surface area contributed by atoms with E-state index in [0.29, 0.717) is 11.4 Å². The molecule has 1 unspecified atom stereocenters. The maximum atomic E-state index is 6.40. The van der Waals surface area contributed by atoms with Crippen molar-refractivity contribution >= 4 is 45.8 Å². The van der Waals surface area contributed by atoms with Crippen molar-refractivity contribution in [1.82, 2.24) is 4.98 Å². The zero-order valence-corrected chi connectivity index (χ0v) is 12.6. The third kappa shape index (κ3) is 3.57. The molecule has 1 heterocycles. The van der Waals surface area contributed by atoms with Gasteiger partial charge in [-0.25, -0.2) is 0 Å². The van der Waals surface area contributed by atoms with E-state index in [1.807, 2.05) is 24.3 Å². The van der Waals surface area contributed by atoms with Crippen LogP contribution in [0.4, 0.5) is 0 Å². The van der Waals surface area contributed by atoms with Gasteiger partial charge in [-0.3, -0.25) is 4.98 Å². The number of pyridine rings is 1. The summed E-state index contributed by atoms with van der Waals surface area (Å²) in [7, 11) is 0. The maximum absolute atomic E-state index is 6.40. The summed E-state index contributed by atoms with van der Waals surface area (Å²) in [6, 6.07) is 10.1. The highest BCUT2D eigenvalue weighted by Crippen LogP contribution is 2.28. The third-order valence-corrected chi connectivity index (χ3v) is 3.88. The van der Waals surface area contributed by atoms with Crippen molar-refractivity contribution < 1.29 is 0 Å². The summed E-state index contributed by atoms with van der Waals surface area (Å²) < 4.78 is 1.19. The predicted octanol–water partition coefficient (Wildman–Crippen LogP) is 4.86. The summed E-state index contributed by atoms with van der Waals surface area (Å²) in [6.07, 6.45) is 4.10. The van der Waals surface area contributed by atoms with Gasteiger partial charge >= 0.3 is 0 Å². The van der Waals surface area contributed by atoms with Crippen LogP contribution in [0.15, 0.2) is 42.7 Å². The largest absolute Gasteiger partial charge is 0.263 e. The molecule has 2 aromatic rings. The van der Waals surface area contributed by atoms with Crippen LogP contribution < -0.4 is 0 Å². The Kier molecular flexibility index (Phi) is 4.65. The van der Waals surface area contributed by atoms with Gasteiger partial charge in [-0.05, 0) is 58.3 Å². The normalized spacial score (nSPS) is 12.4. The van der Waals surface area contributed by atoms with Gasteiger partial charge in [0.2, 0.25) is 0 Å². The van der Waals surface area contributed by atoms with Gasteiger partial charge in [0.25, 0.3) is 0 Å². The van der Waals surface area contributed by atoms with E-state index < -0.39 is 0 Å². The number of nitrogens with zero attached hydrogens (tertiary/aromatic N) is 1. The molecule has 1 atom stereocenters. The second-order valence-corrected chi connectivity index (χ2v) is 5.87. The summed E-state index contributed by atoms with van der Waals surface area (Å²) >= 11 is 14.7. The number of hydrogen-bond acceptors (Lipinski definition) is 1. The Balaban J connectivity index is 2.17. The average Bonchev–Trinajstić information content (AvgIpc) is 2.32. The van der Waals surface area contributed by atoms with Crippen LogP contribution in [0.25, 0.3) is 0 Å². The lowest BCUT2D eigenvalue weighted by Gasteiger charge is -2.11. The molecule has 4 heteroatoms. The molecular weight excluding hydrogens is 368 g/mol. The van der Waals surface area contributed by atoms with Gasteiger partial charge in [-0.2, -0.15) is 0 Å². The molecular formula is C13H10Cl2IN. The first-order valence-electron chi connectivity index (χ1n) is 5.15. The van der Waals surface area contributed by atoms with E-state index in [4.69, 9.17) is 23.2 Å². The number of hydrogen-bond donors (Lipinski definition) is 0. The molecule has 0 radical (unpaired) electrons. The van der Waals surface area contributed by atoms with Crippen LogP contribution in [0.1, 0.15) is 16.5 Å². The lowest BCUT2D eigenvalue weighted by Crippen LogP contribution is -1.97. The summed E-state index contributed by atoms with van der Waals surface area (Å²) in [5.74, 6) is 0. The van der Waals surface area contributed by atoms with Crippen molar-refractivity contribution in [3.05, 3.63) is 62.4 Å². The lowest BCUT2D eigenvalue weighted by atomic mass is 10.1. The zero-order valence-electron chi connectivity index (χ0n) is 8.91. The molecule has 88 valence electrons. The maximum Gasteiger partial charge on any atom is 0.0626 e. The van der Waals surface area contributed by atoms with E-state index in [9.17, 15) is 0 Å². The van der Waals surface area contributed by atoms with E-state index >= 15 is 0 Å².